The number of rotatable bonds is 6. The molecule has 0 atom stereocenters. The van der Waals surface area contributed by atoms with Gasteiger partial charge in [0, 0.05) is 11.9 Å². The van der Waals surface area contributed by atoms with Crippen LogP contribution in [-0.2, 0) is 0 Å². The van der Waals surface area contributed by atoms with Gasteiger partial charge in [-0.3, -0.25) is 4.79 Å². The van der Waals surface area contributed by atoms with Crippen molar-refractivity contribution in [1.29, 1.82) is 0 Å². The number of nitrogens with one attached hydrogen (secondary N) is 1. The molecule has 1 amide bonds. The summed E-state index contributed by atoms with van der Waals surface area (Å²) >= 11 is 4.85. The maximum absolute atomic E-state index is 11.8. The minimum absolute atomic E-state index is 0.0157. The fourth-order valence-electron chi connectivity index (χ4n) is 1.42. The number of nitrogens with zero attached hydrogens (tertiary/aromatic N) is 1. The zero-order valence-electron chi connectivity index (χ0n) is 9.68. The molecule has 1 aromatic rings. The summed E-state index contributed by atoms with van der Waals surface area (Å²) in [4.78, 5) is 16.8. The number of carbonyl (C=O) groups excluding carboxylic acids is 1. The molecule has 5 heteroatoms. The first-order chi connectivity index (χ1) is 7.65. The number of aromatic nitrogens is 1. The van der Waals surface area contributed by atoms with E-state index in [1.54, 1.807) is 0 Å². The van der Waals surface area contributed by atoms with E-state index < -0.39 is 0 Å². The molecule has 0 aliphatic heterocycles. The predicted molar refractivity (Wildman–Crippen MR) is 71.6 cm³/mol. The molecule has 0 aliphatic carbocycles. The maximum atomic E-state index is 11.8. The van der Waals surface area contributed by atoms with Crippen LogP contribution >= 0.6 is 27.3 Å². The molecule has 0 bridgehead atoms. The van der Waals surface area contributed by atoms with Crippen molar-refractivity contribution in [3.05, 3.63) is 15.6 Å². The molecule has 0 saturated carbocycles. The second-order valence-corrected chi connectivity index (χ2v) is 5.65. The van der Waals surface area contributed by atoms with E-state index in [0.29, 0.717) is 0 Å². The van der Waals surface area contributed by atoms with E-state index in [0.717, 1.165) is 46.7 Å². The lowest BCUT2D eigenvalue weighted by Gasteiger charge is -2.03. The molecule has 0 radical (unpaired) electrons. The Hall–Kier alpha value is -0.420. The van der Waals surface area contributed by atoms with Crippen molar-refractivity contribution in [3.8, 4) is 0 Å². The van der Waals surface area contributed by atoms with E-state index in [1.165, 1.54) is 11.3 Å². The third-order valence-corrected chi connectivity index (χ3v) is 3.84. The average Bonchev–Trinajstić information content (AvgIpc) is 2.57. The minimum Gasteiger partial charge on any atom is -0.351 e. The number of amides is 1. The van der Waals surface area contributed by atoms with Gasteiger partial charge in [-0.05, 0) is 26.7 Å². The first kappa shape index (κ1) is 13.6. The molecule has 90 valence electrons. The first-order valence-electron chi connectivity index (χ1n) is 5.43. The number of hydrogen-bond acceptors (Lipinski definition) is 3. The Bertz CT molecular complexity index is 352. The van der Waals surface area contributed by atoms with Crippen molar-refractivity contribution < 1.29 is 4.79 Å². The smallest absolute Gasteiger partial charge is 0.263 e. The number of unbranched alkanes of at least 4 members (excludes halogenated alkanes) is 2. The summed E-state index contributed by atoms with van der Waals surface area (Å²) in [5.41, 5.74) is 0.834. The van der Waals surface area contributed by atoms with Gasteiger partial charge in [0.1, 0.15) is 4.88 Å². The van der Waals surface area contributed by atoms with Crippen LogP contribution in [0.25, 0.3) is 0 Å². The molecule has 1 N–H and O–H groups in total. The number of alkyl halides is 1. The molecule has 16 heavy (non-hydrogen) atoms. The van der Waals surface area contributed by atoms with Gasteiger partial charge in [-0.25, -0.2) is 4.98 Å². The molecule has 1 aromatic heterocycles. The number of aryl methyl sites for hydroxylation is 2. The molecule has 3 nitrogen and oxygen atoms in total. The van der Waals surface area contributed by atoms with E-state index in [9.17, 15) is 4.79 Å². The molecular formula is C11H17BrN2OS. The Morgan fingerprint density at radius 1 is 1.38 bits per heavy atom. The van der Waals surface area contributed by atoms with Crippen molar-refractivity contribution in [3.63, 3.8) is 0 Å². The van der Waals surface area contributed by atoms with E-state index in [2.05, 4.69) is 26.2 Å². The van der Waals surface area contributed by atoms with Gasteiger partial charge in [0.15, 0.2) is 0 Å². The highest BCUT2D eigenvalue weighted by atomic mass is 79.9. The number of halogens is 1. The molecular weight excluding hydrogens is 288 g/mol. The van der Waals surface area contributed by atoms with Crippen LogP contribution in [0.3, 0.4) is 0 Å². The van der Waals surface area contributed by atoms with Gasteiger partial charge < -0.3 is 5.32 Å². The summed E-state index contributed by atoms with van der Waals surface area (Å²) in [5.74, 6) is 0.0157. The van der Waals surface area contributed by atoms with Crippen molar-refractivity contribution in [2.75, 3.05) is 11.9 Å². The highest BCUT2D eigenvalue weighted by Gasteiger charge is 2.12. The molecule has 0 saturated heterocycles. The number of hydrogen-bond donors (Lipinski definition) is 1. The Morgan fingerprint density at radius 3 is 2.69 bits per heavy atom. The highest BCUT2D eigenvalue weighted by molar-refractivity contribution is 9.09. The second kappa shape index (κ2) is 7.01. The maximum Gasteiger partial charge on any atom is 0.263 e. The molecule has 0 unspecified atom stereocenters. The summed E-state index contributed by atoms with van der Waals surface area (Å²) in [6, 6.07) is 0. The van der Waals surface area contributed by atoms with E-state index >= 15 is 0 Å². The summed E-state index contributed by atoms with van der Waals surface area (Å²) < 4.78 is 0. The van der Waals surface area contributed by atoms with Crippen molar-refractivity contribution in [2.24, 2.45) is 0 Å². The van der Waals surface area contributed by atoms with Crippen LogP contribution < -0.4 is 5.32 Å². The summed E-state index contributed by atoms with van der Waals surface area (Å²) in [6.07, 6.45) is 3.34. The SMILES string of the molecule is Cc1nc(C)c(C(=O)NCCCCCBr)s1. The lowest BCUT2D eigenvalue weighted by atomic mass is 10.2. The van der Waals surface area contributed by atoms with Gasteiger partial charge in [0.2, 0.25) is 0 Å². The van der Waals surface area contributed by atoms with Crippen LogP contribution in [0.2, 0.25) is 0 Å². The third-order valence-electron chi connectivity index (χ3n) is 2.21. The summed E-state index contributed by atoms with van der Waals surface area (Å²) in [7, 11) is 0. The van der Waals surface area contributed by atoms with Crippen LogP contribution in [0.1, 0.15) is 39.6 Å². The monoisotopic (exact) mass is 304 g/mol. The Balaban J connectivity index is 2.33. The number of carbonyl (C=O) groups is 1. The normalized spacial score (nSPS) is 10.4. The van der Waals surface area contributed by atoms with Gasteiger partial charge in [0.05, 0.1) is 10.7 Å². The van der Waals surface area contributed by atoms with Gasteiger partial charge in [-0.15, -0.1) is 11.3 Å². The molecule has 1 heterocycles. The van der Waals surface area contributed by atoms with Crippen LogP contribution in [0.5, 0.6) is 0 Å². The molecule has 0 aromatic carbocycles. The van der Waals surface area contributed by atoms with E-state index in [-0.39, 0.29) is 5.91 Å². The lowest BCUT2D eigenvalue weighted by Crippen LogP contribution is -2.24. The standard InChI is InChI=1S/C11H17BrN2OS/c1-8-10(16-9(2)14-8)11(15)13-7-5-3-4-6-12/h3-7H2,1-2H3,(H,13,15). The second-order valence-electron chi connectivity index (χ2n) is 3.65. The Labute approximate surface area is 109 Å². The Kier molecular flexibility index (Phi) is 5.98. The predicted octanol–water partition coefficient (Wildman–Crippen LogP) is 3.05. The topological polar surface area (TPSA) is 42.0 Å². The van der Waals surface area contributed by atoms with Crippen molar-refractivity contribution in [2.45, 2.75) is 33.1 Å². The number of thiazole rings is 1. The largest absolute Gasteiger partial charge is 0.351 e. The average molecular weight is 305 g/mol. The zero-order valence-corrected chi connectivity index (χ0v) is 12.1. The molecule has 0 aliphatic rings. The van der Waals surface area contributed by atoms with Gasteiger partial charge >= 0.3 is 0 Å². The van der Waals surface area contributed by atoms with Crippen LogP contribution in [0.4, 0.5) is 0 Å². The van der Waals surface area contributed by atoms with Crippen molar-refractivity contribution >= 4 is 33.2 Å². The zero-order chi connectivity index (χ0) is 12.0. The molecule has 1 rings (SSSR count). The van der Waals surface area contributed by atoms with Crippen LogP contribution in [-0.4, -0.2) is 22.8 Å². The minimum atomic E-state index is 0.0157. The fraction of sp³-hybridized carbons (Fsp3) is 0.636. The Morgan fingerprint density at radius 2 is 2.12 bits per heavy atom. The lowest BCUT2D eigenvalue weighted by molar-refractivity contribution is 0.0956. The molecule has 0 fully saturated rings. The van der Waals surface area contributed by atoms with Crippen LogP contribution in [0, 0.1) is 13.8 Å². The first-order valence-corrected chi connectivity index (χ1v) is 7.37. The van der Waals surface area contributed by atoms with Crippen molar-refractivity contribution in [1.82, 2.24) is 10.3 Å². The van der Waals surface area contributed by atoms with Gasteiger partial charge in [-0.2, -0.15) is 0 Å². The molecule has 0 spiro atoms. The van der Waals surface area contributed by atoms with E-state index in [1.807, 2.05) is 13.8 Å². The van der Waals surface area contributed by atoms with Gasteiger partial charge in [0.25, 0.3) is 5.91 Å². The quantitative estimate of drug-likeness (QED) is 0.648. The third kappa shape index (κ3) is 4.22. The summed E-state index contributed by atoms with van der Waals surface area (Å²) in [6.45, 7) is 4.55. The van der Waals surface area contributed by atoms with Gasteiger partial charge in [-0.1, -0.05) is 22.4 Å². The van der Waals surface area contributed by atoms with Crippen LogP contribution in [0.15, 0.2) is 0 Å². The fourth-order valence-corrected chi connectivity index (χ4v) is 2.65. The highest BCUT2D eigenvalue weighted by Crippen LogP contribution is 2.16. The van der Waals surface area contributed by atoms with E-state index in [4.69, 9.17) is 0 Å². The summed E-state index contributed by atoms with van der Waals surface area (Å²) in [5, 5.41) is 4.91.